The Balaban J connectivity index is -0.0000000865. The van der Waals surface area contributed by atoms with Crippen LogP contribution in [0.4, 0.5) is 0 Å². The van der Waals surface area contributed by atoms with E-state index in [1.807, 2.05) is 0 Å². The number of rotatable bonds is 5. The maximum absolute atomic E-state index is 9.60. The van der Waals surface area contributed by atoms with Crippen molar-refractivity contribution in [2.24, 2.45) is 0 Å². The highest BCUT2D eigenvalue weighted by Gasteiger charge is 1.97. The molecule has 0 aromatic rings. The molecule has 0 fully saturated rings. The van der Waals surface area contributed by atoms with Gasteiger partial charge in [-0.2, -0.15) is 0 Å². The van der Waals surface area contributed by atoms with Crippen LogP contribution in [-0.4, -0.2) is 55.0 Å². The van der Waals surface area contributed by atoms with Crippen molar-refractivity contribution in [1.82, 2.24) is 0 Å². The lowest BCUT2D eigenvalue weighted by molar-refractivity contribution is -0.868. The summed E-state index contributed by atoms with van der Waals surface area (Å²) in [6.45, 7) is 10.5. The summed E-state index contributed by atoms with van der Waals surface area (Å²) >= 11 is 0. The van der Waals surface area contributed by atoms with E-state index >= 15 is 0 Å². The predicted molar refractivity (Wildman–Crippen MR) is 77.6 cm³/mol. The van der Waals surface area contributed by atoms with Gasteiger partial charge in [0.15, 0.2) is 0 Å². The van der Waals surface area contributed by atoms with Gasteiger partial charge in [0, 0.05) is 12.2 Å². The molecule has 4 nitrogen and oxygen atoms in total. The average molecular weight is 298 g/mol. The number of aliphatic carboxylic acids is 1. The smallest absolute Gasteiger partial charge is 0.330 e. The number of aliphatic hydroxyl groups is 1. The predicted octanol–water partition coefficient (Wildman–Crippen LogP) is -0.467. The minimum Gasteiger partial charge on any atom is -1.00 e. The van der Waals surface area contributed by atoms with Crippen LogP contribution in [0.5, 0.6) is 0 Å². The molecule has 2 N–H and O–H groups in total. The topological polar surface area (TPSA) is 57.5 Å². The van der Waals surface area contributed by atoms with Gasteiger partial charge in [-0.15, -0.1) is 0 Å². The zero-order valence-electron chi connectivity index (χ0n) is 13.4. The third-order valence-corrected chi connectivity index (χ3v) is 2.08. The number of hydrogen-bond donors (Lipinski definition) is 2. The second-order valence-electron chi connectivity index (χ2n) is 5.12. The number of nitrogens with zero attached hydrogens (tertiary/aromatic N) is 1. The number of aliphatic hydroxyl groups excluding tert-OH is 1. The molecule has 19 heavy (non-hydrogen) atoms. The zero-order chi connectivity index (χ0) is 15.2. The summed E-state index contributed by atoms with van der Waals surface area (Å²) in [5, 5.41) is 16.1. The van der Waals surface area contributed by atoms with E-state index in [1.165, 1.54) is 19.9 Å². The molecule has 0 atom stereocenters. The van der Waals surface area contributed by atoms with Crippen LogP contribution in [0.15, 0.2) is 12.2 Å². The standard InChI is InChI=1S/C5H14N.C5H12O.C4H6O2.ClH/c1-5-6(2,3)4;1-2-3-4-5-6;1-3(2)4(5)6;/h5H2,1-4H3;6H,2-5H2,1H3;1H2,2H3,(H,5,6);1H/q+1;;;/p-1. The van der Waals surface area contributed by atoms with Gasteiger partial charge >= 0.3 is 5.97 Å². The summed E-state index contributed by atoms with van der Waals surface area (Å²) in [5.41, 5.74) is 0.176. The van der Waals surface area contributed by atoms with Crippen LogP contribution in [0, 0.1) is 0 Å². The number of quaternary nitrogens is 1. The first-order chi connectivity index (χ1) is 8.12. The molecule has 0 heterocycles. The van der Waals surface area contributed by atoms with E-state index < -0.39 is 5.97 Å². The highest BCUT2D eigenvalue weighted by atomic mass is 35.5. The summed E-state index contributed by atoms with van der Waals surface area (Å²) in [6.07, 6.45) is 3.33. The van der Waals surface area contributed by atoms with E-state index in [-0.39, 0.29) is 18.0 Å². The average Bonchev–Trinajstić information content (AvgIpc) is 2.27. The lowest BCUT2D eigenvalue weighted by Gasteiger charge is -2.20. The van der Waals surface area contributed by atoms with Crippen molar-refractivity contribution in [2.45, 2.75) is 40.0 Å². The second kappa shape index (κ2) is 17.4. The minimum absolute atomic E-state index is 0. The maximum Gasteiger partial charge on any atom is 0.330 e. The number of carboxylic acid groups (broad SMARTS) is 1. The fraction of sp³-hybridized carbons (Fsp3) is 0.786. The Bertz CT molecular complexity index is 197. The van der Waals surface area contributed by atoms with Crippen LogP contribution >= 0.6 is 0 Å². The number of hydrogen-bond acceptors (Lipinski definition) is 2. The van der Waals surface area contributed by atoms with Crippen molar-refractivity contribution in [3.63, 3.8) is 0 Å². The van der Waals surface area contributed by atoms with Gasteiger partial charge in [-0.3, -0.25) is 0 Å². The number of unbranched alkanes of at least 4 members (excludes halogenated alkanes) is 2. The highest BCUT2D eigenvalue weighted by molar-refractivity contribution is 5.84. The molecule has 0 rings (SSSR count). The lowest BCUT2D eigenvalue weighted by atomic mass is 10.3. The van der Waals surface area contributed by atoms with Gasteiger partial charge in [0.25, 0.3) is 0 Å². The fourth-order valence-electron chi connectivity index (χ4n) is 0.362. The van der Waals surface area contributed by atoms with Crippen LogP contribution in [-0.2, 0) is 4.79 Å². The van der Waals surface area contributed by atoms with Gasteiger partial charge in [-0.1, -0.05) is 26.3 Å². The van der Waals surface area contributed by atoms with E-state index in [4.69, 9.17) is 10.2 Å². The van der Waals surface area contributed by atoms with Crippen LogP contribution in [0.25, 0.3) is 0 Å². The Kier molecular flexibility index (Phi) is 24.6. The summed E-state index contributed by atoms with van der Waals surface area (Å²) < 4.78 is 1.07. The highest BCUT2D eigenvalue weighted by Crippen LogP contribution is 1.89. The van der Waals surface area contributed by atoms with Crippen molar-refractivity contribution in [3.8, 4) is 0 Å². The third kappa shape index (κ3) is 46.7. The molecule has 0 unspecified atom stereocenters. The summed E-state index contributed by atoms with van der Waals surface area (Å²) in [5.74, 6) is -0.935. The summed E-state index contributed by atoms with van der Waals surface area (Å²) in [6, 6.07) is 0. The van der Waals surface area contributed by atoms with E-state index in [2.05, 4.69) is 41.6 Å². The molecule has 0 aliphatic carbocycles. The first-order valence-corrected chi connectivity index (χ1v) is 6.42. The van der Waals surface area contributed by atoms with E-state index in [0.29, 0.717) is 6.61 Å². The Labute approximate surface area is 125 Å². The molecule has 0 radical (unpaired) electrons. The molecule has 0 saturated carbocycles. The quantitative estimate of drug-likeness (QED) is 0.410. The number of carboxylic acids is 1. The Morgan fingerprint density at radius 2 is 1.47 bits per heavy atom. The van der Waals surface area contributed by atoms with Crippen LogP contribution < -0.4 is 12.4 Å². The van der Waals surface area contributed by atoms with Crippen LogP contribution in [0.1, 0.15) is 40.0 Å². The lowest BCUT2D eigenvalue weighted by Crippen LogP contribution is -3.00. The monoisotopic (exact) mass is 297 g/mol. The molecule has 0 aliphatic heterocycles. The van der Waals surface area contributed by atoms with Crippen molar-refractivity contribution < 1.29 is 31.9 Å². The first-order valence-electron chi connectivity index (χ1n) is 6.42. The normalized spacial score (nSPS) is 9.00. The van der Waals surface area contributed by atoms with Gasteiger partial charge in [-0.25, -0.2) is 4.79 Å². The molecular weight excluding hydrogens is 266 g/mol. The van der Waals surface area contributed by atoms with Crippen LogP contribution in [0.3, 0.4) is 0 Å². The first kappa shape index (κ1) is 26.9. The van der Waals surface area contributed by atoms with Crippen LogP contribution in [0.2, 0.25) is 0 Å². The van der Waals surface area contributed by atoms with Crippen molar-refractivity contribution in [3.05, 3.63) is 12.2 Å². The molecule has 118 valence electrons. The van der Waals surface area contributed by atoms with Gasteiger partial charge < -0.3 is 27.1 Å². The number of halogens is 1. The maximum atomic E-state index is 9.60. The molecule has 0 saturated heterocycles. The largest absolute Gasteiger partial charge is 1.00 e. The van der Waals surface area contributed by atoms with Gasteiger partial charge in [0.1, 0.15) is 0 Å². The molecule has 0 amide bonds. The molecule has 0 spiro atoms. The second-order valence-corrected chi connectivity index (χ2v) is 5.12. The van der Waals surface area contributed by atoms with Gasteiger partial charge in [0.2, 0.25) is 0 Å². The SMILES string of the molecule is C=C(C)C(=O)O.CCCCCO.CC[N+](C)(C)C.[Cl-]. The Morgan fingerprint density at radius 1 is 1.16 bits per heavy atom. The van der Waals surface area contributed by atoms with E-state index in [1.54, 1.807) is 0 Å². The molecule has 0 bridgehead atoms. The molecular formula is C14H32ClNO3. The fourth-order valence-corrected chi connectivity index (χ4v) is 0.362. The summed E-state index contributed by atoms with van der Waals surface area (Å²) in [4.78, 5) is 9.60. The third-order valence-electron chi connectivity index (χ3n) is 2.08. The van der Waals surface area contributed by atoms with E-state index in [0.717, 1.165) is 17.3 Å². The van der Waals surface area contributed by atoms with Crippen molar-refractivity contribution in [1.29, 1.82) is 0 Å². The molecule has 0 aromatic carbocycles. The molecule has 0 aromatic heterocycles. The molecule has 5 heteroatoms. The Hall–Kier alpha value is -0.580. The van der Waals surface area contributed by atoms with Crippen molar-refractivity contribution in [2.75, 3.05) is 34.3 Å². The number of carbonyl (C=O) groups is 1. The van der Waals surface area contributed by atoms with E-state index in [9.17, 15) is 4.79 Å². The molecule has 0 aliphatic rings. The van der Waals surface area contributed by atoms with Gasteiger partial charge in [0.05, 0.1) is 27.7 Å². The Morgan fingerprint density at radius 3 is 1.53 bits per heavy atom. The minimum atomic E-state index is -0.935. The van der Waals surface area contributed by atoms with Gasteiger partial charge in [-0.05, 0) is 20.3 Å². The zero-order valence-corrected chi connectivity index (χ0v) is 14.1. The van der Waals surface area contributed by atoms with Crippen molar-refractivity contribution >= 4 is 5.97 Å². The summed E-state index contributed by atoms with van der Waals surface area (Å²) in [7, 11) is 6.54.